The van der Waals surface area contributed by atoms with Gasteiger partial charge in [0, 0.05) is 24.5 Å². The predicted molar refractivity (Wildman–Crippen MR) is 81.2 cm³/mol. The number of hydrogen-bond acceptors (Lipinski definition) is 4. The Morgan fingerprint density at radius 3 is 2.58 bits per heavy atom. The molecule has 1 aromatic rings. The third kappa shape index (κ3) is 4.80. The van der Waals surface area contributed by atoms with Crippen molar-refractivity contribution >= 4 is 11.4 Å². The van der Waals surface area contributed by atoms with Crippen LogP contribution in [0.5, 0.6) is 0 Å². The third-order valence-corrected chi connectivity index (χ3v) is 3.18. The molecular formula is C15H24N4. The van der Waals surface area contributed by atoms with Crippen molar-refractivity contribution in [3.05, 3.63) is 23.8 Å². The number of anilines is 2. The van der Waals surface area contributed by atoms with E-state index in [4.69, 9.17) is 11.0 Å². The smallest absolute Gasteiger partial charge is 0.0670 e. The molecule has 0 amide bonds. The Hall–Kier alpha value is -1.73. The molecule has 0 saturated carbocycles. The summed E-state index contributed by atoms with van der Waals surface area (Å²) >= 11 is 0. The van der Waals surface area contributed by atoms with E-state index in [0.717, 1.165) is 37.3 Å². The van der Waals surface area contributed by atoms with Gasteiger partial charge in [-0.05, 0) is 57.7 Å². The molecule has 104 valence electrons. The third-order valence-electron chi connectivity index (χ3n) is 3.18. The number of benzene rings is 1. The fraction of sp³-hybridized carbons (Fsp3) is 0.533. The second kappa shape index (κ2) is 7.65. The first-order valence-corrected chi connectivity index (χ1v) is 6.73. The maximum absolute atomic E-state index is 8.81. The SMILES string of the molecule is CCN(CCCN(C)C)c1ccc(N)c(CC#N)c1. The van der Waals surface area contributed by atoms with Crippen LogP contribution in [0, 0.1) is 11.3 Å². The summed E-state index contributed by atoms with van der Waals surface area (Å²) in [5.41, 5.74) is 8.66. The van der Waals surface area contributed by atoms with Crippen LogP contribution in [0.15, 0.2) is 18.2 Å². The number of nitrogens with two attached hydrogens (primary N) is 1. The van der Waals surface area contributed by atoms with E-state index in [-0.39, 0.29) is 0 Å². The minimum Gasteiger partial charge on any atom is -0.398 e. The molecule has 0 spiro atoms. The Morgan fingerprint density at radius 2 is 2.00 bits per heavy atom. The fourth-order valence-electron chi connectivity index (χ4n) is 2.07. The summed E-state index contributed by atoms with van der Waals surface area (Å²) in [7, 11) is 4.18. The molecule has 0 aromatic heterocycles. The van der Waals surface area contributed by atoms with E-state index < -0.39 is 0 Å². The van der Waals surface area contributed by atoms with Gasteiger partial charge in [0.2, 0.25) is 0 Å². The van der Waals surface area contributed by atoms with Gasteiger partial charge in [0.1, 0.15) is 0 Å². The summed E-state index contributed by atoms with van der Waals surface area (Å²) in [5.74, 6) is 0. The minimum atomic E-state index is 0.370. The Morgan fingerprint density at radius 1 is 1.26 bits per heavy atom. The molecule has 0 aliphatic carbocycles. The lowest BCUT2D eigenvalue weighted by Gasteiger charge is -2.24. The topological polar surface area (TPSA) is 56.3 Å². The highest BCUT2D eigenvalue weighted by atomic mass is 15.1. The van der Waals surface area contributed by atoms with Crippen LogP contribution in [0.2, 0.25) is 0 Å². The number of nitrogens with zero attached hydrogens (tertiary/aromatic N) is 3. The summed E-state index contributed by atoms with van der Waals surface area (Å²) in [6, 6.07) is 8.14. The van der Waals surface area contributed by atoms with Crippen LogP contribution in [0.4, 0.5) is 11.4 Å². The van der Waals surface area contributed by atoms with Crippen molar-refractivity contribution in [3.63, 3.8) is 0 Å². The minimum absolute atomic E-state index is 0.370. The van der Waals surface area contributed by atoms with Crippen molar-refractivity contribution < 1.29 is 0 Å². The van der Waals surface area contributed by atoms with E-state index in [1.54, 1.807) is 0 Å². The van der Waals surface area contributed by atoms with Gasteiger partial charge in [-0.15, -0.1) is 0 Å². The first kappa shape index (κ1) is 15.3. The Kier molecular flexibility index (Phi) is 6.17. The molecule has 0 aliphatic heterocycles. The molecule has 0 fully saturated rings. The molecule has 1 rings (SSSR count). The van der Waals surface area contributed by atoms with Crippen LogP contribution >= 0.6 is 0 Å². The normalized spacial score (nSPS) is 10.5. The zero-order valence-corrected chi connectivity index (χ0v) is 12.2. The zero-order chi connectivity index (χ0) is 14.3. The second-order valence-electron chi connectivity index (χ2n) is 4.95. The quantitative estimate of drug-likeness (QED) is 0.763. The van der Waals surface area contributed by atoms with Crippen molar-refractivity contribution in [2.24, 2.45) is 0 Å². The summed E-state index contributed by atoms with van der Waals surface area (Å²) in [5, 5.41) is 8.81. The molecule has 19 heavy (non-hydrogen) atoms. The van der Waals surface area contributed by atoms with E-state index in [1.165, 1.54) is 0 Å². The molecule has 0 saturated heterocycles. The van der Waals surface area contributed by atoms with Gasteiger partial charge in [-0.25, -0.2) is 0 Å². The Balaban J connectivity index is 2.75. The summed E-state index contributed by atoms with van der Waals surface area (Å²) in [4.78, 5) is 4.52. The van der Waals surface area contributed by atoms with Crippen molar-refractivity contribution in [2.45, 2.75) is 19.8 Å². The van der Waals surface area contributed by atoms with Gasteiger partial charge in [0.15, 0.2) is 0 Å². The average Bonchev–Trinajstić information content (AvgIpc) is 2.37. The first-order valence-electron chi connectivity index (χ1n) is 6.73. The molecule has 1 aromatic carbocycles. The molecule has 0 bridgehead atoms. The van der Waals surface area contributed by atoms with Crippen LogP contribution in [0.25, 0.3) is 0 Å². The zero-order valence-electron chi connectivity index (χ0n) is 12.2. The van der Waals surface area contributed by atoms with Crippen molar-refractivity contribution in [1.29, 1.82) is 5.26 Å². The van der Waals surface area contributed by atoms with E-state index in [0.29, 0.717) is 12.1 Å². The van der Waals surface area contributed by atoms with Gasteiger partial charge in [-0.1, -0.05) is 0 Å². The number of nitrogen functional groups attached to an aromatic ring is 1. The highest BCUT2D eigenvalue weighted by Crippen LogP contribution is 2.21. The van der Waals surface area contributed by atoms with E-state index >= 15 is 0 Å². The number of rotatable bonds is 7. The molecule has 0 atom stereocenters. The fourth-order valence-corrected chi connectivity index (χ4v) is 2.07. The van der Waals surface area contributed by atoms with Crippen LogP contribution in [0.1, 0.15) is 18.9 Å². The van der Waals surface area contributed by atoms with E-state index in [1.807, 2.05) is 18.2 Å². The van der Waals surface area contributed by atoms with Crippen molar-refractivity contribution in [1.82, 2.24) is 4.90 Å². The molecular weight excluding hydrogens is 236 g/mol. The van der Waals surface area contributed by atoms with E-state index in [9.17, 15) is 0 Å². The lowest BCUT2D eigenvalue weighted by atomic mass is 10.1. The first-order chi connectivity index (χ1) is 9.08. The van der Waals surface area contributed by atoms with Crippen LogP contribution in [0.3, 0.4) is 0 Å². The molecule has 0 heterocycles. The molecule has 0 aliphatic rings. The number of hydrogen-bond donors (Lipinski definition) is 1. The van der Waals surface area contributed by atoms with Gasteiger partial charge in [0.05, 0.1) is 12.5 Å². The second-order valence-corrected chi connectivity index (χ2v) is 4.95. The molecule has 2 N–H and O–H groups in total. The van der Waals surface area contributed by atoms with Gasteiger partial charge in [-0.2, -0.15) is 5.26 Å². The standard InChI is InChI=1S/C15H24N4/c1-4-19(11-5-10-18(2)3)14-6-7-15(17)13(12-14)8-9-16/h6-7,12H,4-5,8,10-11,17H2,1-3H3. The highest BCUT2D eigenvalue weighted by Gasteiger charge is 2.07. The average molecular weight is 260 g/mol. The molecule has 4 nitrogen and oxygen atoms in total. The van der Waals surface area contributed by atoms with E-state index in [2.05, 4.69) is 36.9 Å². The largest absolute Gasteiger partial charge is 0.398 e. The predicted octanol–water partition coefficient (Wildman–Crippen LogP) is 2.11. The van der Waals surface area contributed by atoms with Gasteiger partial charge in [0.25, 0.3) is 0 Å². The lowest BCUT2D eigenvalue weighted by Crippen LogP contribution is -2.27. The molecule has 0 unspecified atom stereocenters. The summed E-state index contributed by atoms with van der Waals surface area (Å²) in [6.45, 7) is 5.21. The Labute approximate surface area is 116 Å². The van der Waals surface area contributed by atoms with Crippen LogP contribution in [-0.4, -0.2) is 38.6 Å². The van der Waals surface area contributed by atoms with Gasteiger partial charge < -0.3 is 15.5 Å². The van der Waals surface area contributed by atoms with Crippen LogP contribution in [-0.2, 0) is 6.42 Å². The summed E-state index contributed by atoms with van der Waals surface area (Å²) < 4.78 is 0. The maximum atomic E-state index is 8.81. The molecule has 0 radical (unpaired) electrons. The van der Waals surface area contributed by atoms with Gasteiger partial charge in [-0.3, -0.25) is 0 Å². The van der Waals surface area contributed by atoms with Gasteiger partial charge >= 0.3 is 0 Å². The molecule has 4 heteroatoms. The lowest BCUT2D eigenvalue weighted by molar-refractivity contribution is 0.400. The highest BCUT2D eigenvalue weighted by molar-refractivity contribution is 5.59. The summed E-state index contributed by atoms with van der Waals surface area (Å²) in [6.07, 6.45) is 1.49. The monoisotopic (exact) mass is 260 g/mol. The van der Waals surface area contributed by atoms with Crippen molar-refractivity contribution in [2.75, 3.05) is 44.4 Å². The van der Waals surface area contributed by atoms with Crippen molar-refractivity contribution in [3.8, 4) is 6.07 Å². The number of nitriles is 1. The maximum Gasteiger partial charge on any atom is 0.0670 e. The van der Waals surface area contributed by atoms with Crippen LogP contribution < -0.4 is 10.6 Å². The Bertz CT molecular complexity index is 434.